The molecule has 90 valence electrons. The molecular formula is C12H19Cl2NZr. The number of halogens is 2. The summed E-state index contributed by atoms with van der Waals surface area (Å²) in [5.74, 6) is 0. The van der Waals surface area contributed by atoms with Crippen LogP contribution in [0, 0.1) is 0 Å². The van der Waals surface area contributed by atoms with Crippen LogP contribution >= 0.6 is 24.8 Å². The van der Waals surface area contributed by atoms with Crippen molar-refractivity contribution in [2.24, 2.45) is 0 Å². The number of hydrogen-bond acceptors (Lipinski definition) is 0. The van der Waals surface area contributed by atoms with Crippen molar-refractivity contribution in [1.82, 2.24) is 4.98 Å². The molecule has 0 bridgehead atoms. The van der Waals surface area contributed by atoms with E-state index in [-0.39, 0.29) is 24.8 Å². The molecule has 1 aliphatic rings. The van der Waals surface area contributed by atoms with Gasteiger partial charge in [-0.15, -0.1) is 24.8 Å². The zero-order valence-electron chi connectivity index (χ0n) is 9.69. The van der Waals surface area contributed by atoms with E-state index < -0.39 is 18.3 Å². The van der Waals surface area contributed by atoms with Gasteiger partial charge in [-0.05, 0) is 0 Å². The van der Waals surface area contributed by atoms with Crippen LogP contribution in [0.15, 0.2) is 39.8 Å². The Morgan fingerprint density at radius 2 is 2.00 bits per heavy atom. The Hall–Kier alpha value is 0.0931. The number of H-pyrrole nitrogens is 1. The van der Waals surface area contributed by atoms with Crippen molar-refractivity contribution in [3.8, 4) is 0 Å². The molecule has 1 aromatic heterocycles. The van der Waals surface area contributed by atoms with E-state index in [1.807, 2.05) is 6.20 Å². The van der Waals surface area contributed by atoms with Crippen LogP contribution < -0.4 is 3.40 Å². The maximum absolute atomic E-state index is 4.60. The summed E-state index contributed by atoms with van der Waals surface area (Å²) in [6, 6.07) is 4.27. The van der Waals surface area contributed by atoms with Gasteiger partial charge in [-0.2, -0.15) is 0 Å². The molecule has 0 fully saturated rings. The van der Waals surface area contributed by atoms with Crippen LogP contribution in [0.25, 0.3) is 0 Å². The molecule has 0 saturated heterocycles. The third kappa shape index (κ3) is 2.67. The van der Waals surface area contributed by atoms with Gasteiger partial charge in [-0.1, -0.05) is 0 Å². The van der Waals surface area contributed by atoms with E-state index in [2.05, 4.69) is 48.8 Å². The number of aromatic nitrogens is 1. The quantitative estimate of drug-likeness (QED) is 0.848. The number of aromatic amines is 1. The van der Waals surface area contributed by atoms with Crippen LogP contribution in [0.5, 0.6) is 0 Å². The van der Waals surface area contributed by atoms with Crippen molar-refractivity contribution in [2.45, 2.75) is 15.7 Å². The number of rotatable bonds is 2. The monoisotopic (exact) mass is 337 g/mol. The number of nitrogens with one attached hydrogen (secondary N) is 1. The van der Waals surface area contributed by atoms with Crippen LogP contribution in [0.2, 0.25) is 9.26 Å². The van der Waals surface area contributed by atoms with Crippen LogP contribution in [0.3, 0.4) is 0 Å². The fourth-order valence-electron chi connectivity index (χ4n) is 2.04. The van der Waals surface area contributed by atoms with Gasteiger partial charge in [-0.3, -0.25) is 0 Å². The minimum atomic E-state index is -3.01. The molecule has 16 heavy (non-hydrogen) atoms. The first-order valence-electron chi connectivity index (χ1n) is 5.06. The number of allylic oxidation sites excluding steroid dienone is 4. The van der Waals surface area contributed by atoms with E-state index >= 15 is 0 Å². The van der Waals surface area contributed by atoms with Crippen molar-refractivity contribution in [1.29, 1.82) is 0 Å². The van der Waals surface area contributed by atoms with Gasteiger partial charge >= 0.3 is 86.4 Å². The van der Waals surface area contributed by atoms with Crippen molar-refractivity contribution in [2.75, 3.05) is 0 Å². The van der Waals surface area contributed by atoms with E-state index in [1.54, 1.807) is 3.28 Å². The molecule has 4 heteroatoms. The zero-order valence-corrected chi connectivity index (χ0v) is 13.8. The van der Waals surface area contributed by atoms with E-state index in [9.17, 15) is 0 Å². The van der Waals surface area contributed by atoms with E-state index in [0.717, 1.165) is 6.42 Å². The molecule has 0 unspecified atom stereocenters. The van der Waals surface area contributed by atoms with Gasteiger partial charge in [0.05, 0.1) is 0 Å². The molecule has 1 aromatic rings. The van der Waals surface area contributed by atoms with Crippen LogP contribution in [-0.2, 0) is 18.3 Å². The summed E-state index contributed by atoms with van der Waals surface area (Å²) in [5.41, 5.74) is 0. The summed E-state index contributed by atoms with van der Waals surface area (Å²) >= 11 is -3.01. The second-order valence-corrected chi connectivity index (χ2v) is 21.2. The summed E-state index contributed by atoms with van der Waals surface area (Å²) in [4.78, 5) is 3.36. The molecule has 0 aliphatic heterocycles. The van der Waals surface area contributed by atoms with E-state index in [1.165, 1.54) is 3.40 Å². The fraction of sp³-hybridized carbons (Fsp3) is 0.250. The molecular weight excluding hydrogens is 320 g/mol. The zero-order chi connectivity index (χ0) is 10.3. The molecule has 0 amide bonds. The van der Waals surface area contributed by atoms with Crippen LogP contribution in [0.1, 0.15) is 6.42 Å². The van der Waals surface area contributed by atoms with Crippen molar-refractivity contribution in [3.63, 3.8) is 0 Å². The van der Waals surface area contributed by atoms with E-state index in [0.29, 0.717) is 0 Å². The summed E-state index contributed by atoms with van der Waals surface area (Å²) in [5, 5.41) is 0. The third-order valence-electron chi connectivity index (χ3n) is 3.26. The molecule has 0 atom stereocenters. The standard InChI is InChI=1S/C5H5.C4H4N.2CH3.CH2.2ClH.Zr/c2*1-2-4-5-3-1;;;;;;/h1-3H,4H2;1-3,5H;2*1H3;1H2;2*1H;. The number of hydrogen-bond donors (Lipinski definition) is 1. The summed E-state index contributed by atoms with van der Waals surface area (Å²) < 4.78 is 12.3. The van der Waals surface area contributed by atoms with Gasteiger partial charge in [-0.25, -0.2) is 0 Å². The summed E-state index contributed by atoms with van der Waals surface area (Å²) in [7, 11) is 0. The van der Waals surface area contributed by atoms with Crippen molar-refractivity contribution in [3.05, 3.63) is 39.8 Å². The summed E-state index contributed by atoms with van der Waals surface area (Å²) in [6.07, 6.45) is 9.75. The second kappa shape index (κ2) is 5.16. The predicted octanol–water partition coefficient (Wildman–Crippen LogP) is 3.55. The first-order chi connectivity index (χ1) is 6.49. The topological polar surface area (TPSA) is 15.8 Å². The molecule has 1 aliphatic carbocycles. The average Bonchev–Trinajstić information content (AvgIpc) is 2.78. The van der Waals surface area contributed by atoms with Crippen molar-refractivity contribution >= 4 is 32.4 Å². The molecule has 0 saturated carbocycles. The Morgan fingerprint density at radius 3 is 2.44 bits per heavy atom. The summed E-state index contributed by atoms with van der Waals surface area (Å²) in [6.45, 7) is 0. The van der Waals surface area contributed by atoms with Crippen molar-refractivity contribution < 1.29 is 18.3 Å². The first-order valence-corrected chi connectivity index (χ1v) is 14.2. The molecule has 1 nitrogen and oxygen atoms in total. The Kier molecular flexibility index (Phi) is 5.19. The van der Waals surface area contributed by atoms with Gasteiger partial charge in [0, 0.05) is 0 Å². The van der Waals surface area contributed by atoms with Gasteiger partial charge in [0.25, 0.3) is 0 Å². The first kappa shape index (κ1) is 16.1. The van der Waals surface area contributed by atoms with E-state index in [4.69, 9.17) is 0 Å². The van der Waals surface area contributed by atoms with Gasteiger partial charge < -0.3 is 0 Å². The normalized spacial score (nSPS) is 15.1. The Bertz CT molecular complexity index is 463. The Morgan fingerprint density at radius 1 is 1.31 bits per heavy atom. The van der Waals surface area contributed by atoms with Crippen LogP contribution in [-0.4, -0.2) is 9.20 Å². The molecule has 0 aromatic carbocycles. The molecule has 0 spiro atoms. The minimum absolute atomic E-state index is 0. The van der Waals surface area contributed by atoms with Gasteiger partial charge in [0.1, 0.15) is 0 Å². The SMILES string of the molecule is Cl.Cl.[CH2]=[Zr]([CH3])([CH3])([C]1=CC=CC1)[c]1ccc[nH]1. The average molecular weight is 339 g/mol. The van der Waals surface area contributed by atoms with Gasteiger partial charge in [0.2, 0.25) is 0 Å². The van der Waals surface area contributed by atoms with Crippen LogP contribution in [0.4, 0.5) is 0 Å². The molecule has 2 rings (SSSR count). The fourth-order valence-corrected chi connectivity index (χ4v) is 9.24. The molecule has 0 radical (unpaired) electrons. The maximum atomic E-state index is 4.60. The van der Waals surface area contributed by atoms with Gasteiger partial charge in [0.15, 0.2) is 0 Å². The Labute approximate surface area is 110 Å². The Balaban J connectivity index is 0.00000112. The predicted molar refractivity (Wildman–Crippen MR) is 75.6 cm³/mol. The molecule has 1 N–H and O–H groups in total. The third-order valence-corrected chi connectivity index (χ3v) is 14.2. The second-order valence-electron chi connectivity index (χ2n) is 5.09. The molecule has 1 heterocycles.